The molecule has 2 rings (SSSR count). The molecule has 17 heavy (non-hydrogen) atoms. The van der Waals surface area contributed by atoms with Crippen molar-refractivity contribution in [1.29, 1.82) is 0 Å². The van der Waals surface area contributed by atoms with Crippen LogP contribution in [0.2, 0.25) is 0 Å². The molecule has 0 spiro atoms. The van der Waals surface area contributed by atoms with Crippen LogP contribution < -0.4 is 5.73 Å². The molecule has 0 atom stereocenters. The van der Waals surface area contributed by atoms with E-state index >= 15 is 0 Å². The van der Waals surface area contributed by atoms with Crippen LogP contribution in [0.5, 0.6) is 0 Å². The zero-order valence-corrected chi connectivity index (χ0v) is 8.74. The van der Waals surface area contributed by atoms with Crippen LogP contribution in [0.3, 0.4) is 0 Å². The Morgan fingerprint density at radius 3 is 2.12 bits per heavy atom. The molecule has 0 aliphatic rings. The number of anilines is 1. The van der Waals surface area contributed by atoms with Crippen molar-refractivity contribution in [1.82, 2.24) is 4.98 Å². The molecule has 4 heteroatoms. The minimum Gasteiger partial charge on any atom is -0.399 e. The summed E-state index contributed by atoms with van der Waals surface area (Å²) in [5.41, 5.74) is 6.47. The van der Waals surface area contributed by atoms with E-state index in [1.165, 1.54) is 0 Å². The summed E-state index contributed by atoms with van der Waals surface area (Å²) in [5.74, 6) is 3.55. The van der Waals surface area contributed by atoms with Crippen LogP contribution in [0.15, 0.2) is 36.7 Å². The second kappa shape index (κ2) is 4.62. The topological polar surface area (TPSA) is 38.9 Å². The Morgan fingerprint density at radius 1 is 0.941 bits per heavy atom. The predicted molar refractivity (Wildman–Crippen MR) is 61.0 cm³/mol. The first-order valence-corrected chi connectivity index (χ1v) is 4.83. The standard InChI is InChI=1S/C13H8F2N2/c14-12-7-17-8-13(15)11(12)6-3-9-1-4-10(16)5-2-9/h1-2,4-5,7-8H,16H2. The SMILES string of the molecule is Nc1ccc(C#Cc2c(F)cncc2F)cc1. The van der Waals surface area contributed by atoms with E-state index in [0.29, 0.717) is 11.3 Å². The Hall–Kier alpha value is -2.41. The van der Waals surface area contributed by atoms with Gasteiger partial charge in [-0.05, 0) is 24.3 Å². The summed E-state index contributed by atoms with van der Waals surface area (Å²) in [6.45, 7) is 0. The number of hydrogen-bond donors (Lipinski definition) is 1. The summed E-state index contributed by atoms with van der Waals surface area (Å²) >= 11 is 0. The van der Waals surface area contributed by atoms with E-state index in [1.807, 2.05) is 0 Å². The van der Waals surface area contributed by atoms with E-state index in [0.717, 1.165) is 12.4 Å². The fourth-order valence-electron chi connectivity index (χ4n) is 1.23. The number of rotatable bonds is 0. The molecule has 0 saturated heterocycles. The molecule has 0 radical (unpaired) electrons. The van der Waals surface area contributed by atoms with Crippen molar-refractivity contribution in [2.45, 2.75) is 0 Å². The molecule has 1 aromatic carbocycles. The van der Waals surface area contributed by atoms with Gasteiger partial charge >= 0.3 is 0 Å². The molecular formula is C13H8F2N2. The lowest BCUT2D eigenvalue weighted by Gasteiger charge is -1.95. The summed E-state index contributed by atoms with van der Waals surface area (Å²) in [6, 6.07) is 6.70. The van der Waals surface area contributed by atoms with Crippen LogP contribution in [0.1, 0.15) is 11.1 Å². The first kappa shape index (κ1) is 11.1. The van der Waals surface area contributed by atoms with Gasteiger partial charge in [-0.3, -0.25) is 4.98 Å². The van der Waals surface area contributed by atoms with Gasteiger partial charge in [0, 0.05) is 11.3 Å². The number of aromatic nitrogens is 1. The van der Waals surface area contributed by atoms with Crippen molar-refractivity contribution in [3.05, 3.63) is 59.4 Å². The number of nitrogens with zero attached hydrogens (tertiary/aromatic N) is 1. The first-order valence-electron chi connectivity index (χ1n) is 4.83. The Bertz CT molecular complexity index is 575. The molecule has 2 N–H and O–H groups in total. The van der Waals surface area contributed by atoms with Gasteiger partial charge < -0.3 is 5.73 Å². The molecule has 0 bridgehead atoms. The summed E-state index contributed by atoms with van der Waals surface area (Å²) < 4.78 is 26.4. The highest BCUT2D eigenvalue weighted by atomic mass is 19.1. The number of nitrogen functional groups attached to an aromatic ring is 1. The highest BCUT2D eigenvalue weighted by molar-refractivity contribution is 5.47. The normalized spacial score (nSPS) is 9.53. The molecule has 1 aromatic heterocycles. The third-order valence-corrected chi connectivity index (χ3v) is 2.10. The van der Waals surface area contributed by atoms with E-state index < -0.39 is 11.6 Å². The van der Waals surface area contributed by atoms with Gasteiger partial charge in [-0.2, -0.15) is 0 Å². The minimum atomic E-state index is -0.770. The van der Waals surface area contributed by atoms with E-state index in [9.17, 15) is 8.78 Å². The summed E-state index contributed by atoms with van der Waals surface area (Å²) in [7, 11) is 0. The van der Waals surface area contributed by atoms with Crippen LogP contribution in [-0.4, -0.2) is 4.98 Å². The van der Waals surface area contributed by atoms with E-state index in [2.05, 4.69) is 16.8 Å². The Balaban J connectivity index is 2.36. The van der Waals surface area contributed by atoms with Crippen molar-refractivity contribution < 1.29 is 8.78 Å². The molecule has 0 aliphatic carbocycles. The summed E-state index contributed by atoms with van der Waals surface area (Å²) in [6.07, 6.45) is 1.85. The highest BCUT2D eigenvalue weighted by Gasteiger charge is 2.05. The maximum absolute atomic E-state index is 13.2. The third kappa shape index (κ3) is 2.58. The van der Waals surface area contributed by atoms with Crippen LogP contribution in [0, 0.1) is 23.5 Å². The number of hydrogen-bond acceptors (Lipinski definition) is 2. The monoisotopic (exact) mass is 230 g/mol. The Morgan fingerprint density at radius 2 is 1.53 bits per heavy atom. The molecule has 0 fully saturated rings. The van der Waals surface area contributed by atoms with Crippen LogP contribution in [0.4, 0.5) is 14.5 Å². The highest BCUT2D eigenvalue weighted by Crippen LogP contribution is 2.09. The zero-order valence-electron chi connectivity index (χ0n) is 8.74. The van der Waals surface area contributed by atoms with Gasteiger partial charge in [0.2, 0.25) is 0 Å². The van der Waals surface area contributed by atoms with E-state index in [-0.39, 0.29) is 5.56 Å². The van der Waals surface area contributed by atoms with Crippen LogP contribution in [-0.2, 0) is 0 Å². The molecule has 1 heterocycles. The van der Waals surface area contributed by atoms with Crippen molar-refractivity contribution in [3.63, 3.8) is 0 Å². The maximum Gasteiger partial charge on any atom is 0.160 e. The van der Waals surface area contributed by atoms with E-state index in [1.54, 1.807) is 24.3 Å². The second-order valence-electron chi connectivity index (χ2n) is 3.35. The molecule has 0 unspecified atom stereocenters. The number of nitrogens with two attached hydrogens (primary N) is 1. The average molecular weight is 230 g/mol. The molecule has 84 valence electrons. The molecule has 2 aromatic rings. The smallest absolute Gasteiger partial charge is 0.160 e. The predicted octanol–water partition coefficient (Wildman–Crippen LogP) is 2.34. The fourth-order valence-corrected chi connectivity index (χ4v) is 1.23. The quantitative estimate of drug-likeness (QED) is 0.557. The maximum atomic E-state index is 13.2. The Kier molecular flexibility index (Phi) is 3.01. The number of benzene rings is 1. The lowest BCUT2D eigenvalue weighted by atomic mass is 10.2. The molecule has 0 amide bonds. The summed E-state index contributed by atoms with van der Waals surface area (Å²) in [5, 5.41) is 0. The van der Waals surface area contributed by atoms with Gasteiger partial charge in [-0.1, -0.05) is 11.8 Å². The van der Waals surface area contributed by atoms with Crippen molar-refractivity contribution >= 4 is 5.69 Å². The van der Waals surface area contributed by atoms with Gasteiger partial charge in [-0.15, -0.1) is 0 Å². The van der Waals surface area contributed by atoms with Crippen molar-refractivity contribution in [2.75, 3.05) is 5.73 Å². The zero-order chi connectivity index (χ0) is 12.3. The molecule has 2 nitrogen and oxygen atoms in total. The van der Waals surface area contributed by atoms with Gasteiger partial charge in [-0.25, -0.2) is 8.78 Å². The minimum absolute atomic E-state index is 0.281. The van der Waals surface area contributed by atoms with Gasteiger partial charge in [0.25, 0.3) is 0 Å². The second-order valence-corrected chi connectivity index (χ2v) is 3.35. The van der Waals surface area contributed by atoms with Gasteiger partial charge in [0.1, 0.15) is 0 Å². The van der Waals surface area contributed by atoms with Gasteiger partial charge in [0.05, 0.1) is 18.0 Å². The van der Waals surface area contributed by atoms with Crippen LogP contribution in [0.25, 0.3) is 0 Å². The summed E-state index contributed by atoms with van der Waals surface area (Å²) in [4.78, 5) is 3.38. The average Bonchev–Trinajstić information content (AvgIpc) is 2.31. The number of halogens is 2. The van der Waals surface area contributed by atoms with Gasteiger partial charge in [0.15, 0.2) is 11.6 Å². The van der Waals surface area contributed by atoms with E-state index in [4.69, 9.17) is 5.73 Å². The molecular weight excluding hydrogens is 222 g/mol. The first-order chi connectivity index (χ1) is 8.16. The third-order valence-electron chi connectivity index (χ3n) is 2.10. The van der Waals surface area contributed by atoms with Crippen molar-refractivity contribution in [2.24, 2.45) is 0 Å². The fraction of sp³-hybridized carbons (Fsp3) is 0. The lowest BCUT2D eigenvalue weighted by Crippen LogP contribution is -1.91. The largest absolute Gasteiger partial charge is 0.399 e. The number of pyridine rings is 1. The molecule has 0 aliphatic heterocycles. The molecule has 0 saturated carbocycles. The van der Waals surface area contributed by atoms with Crippen molar-refractivity contribution in [3.8, 4) is 11.8 Å². The van der Waals surface area contributed by atoms with Crippen LogP contribution >= 0.6 is 0 Å². The lowest BCUT2D eigenvalue weighted by molar-refractivity contribution is 0.567. The Labute approximate surface area is 97.1 Å².